The molecule has 19 heavy (non-hydrogen) atoms. The van der Waals surface area contributed by atoms with E-state index < -0.39 is 0 Å². The Bertz CT molecular complexity index is 468. The smallest absolute Gasteiger partial charge is 0.323 e. The largest absolute Gasteiger partial charge is 0.468 e. The lowest BCUT2D eigenvalue weighted by Crippen LogP contribution is -2.44. The third-order valence-corrected chi connectivity index (χ3v) is 3.92. The number of carbonyl (C=O) groups is 1. The highest BCUT2D eigenvalue weighted by molar-refractivity contribution is 6.34. The number of hydrogen-bond acceptors (Lipinski definition) is 4. The van der Waals surface area contributed by atoms with E-state index in [1.807, 2.05) is 0 Å². The van der Waals surface area contributed by atoms with E-state index >= 15 is 0 Å². The molecule has 1 atom stereocenters. The van der Waals surface area contributed by atoms with Crippen LogP contribution in [0.15, 0.2) is 12.3 Å². The minimum absolute atomic E-state index is 0.183. The Kier molecular flexibility index (Phi) is 5.02. The molecular formula is C13H16Cl2N2O2. The highest BCUT2D eigenvalue weighted by Gasteiger charge is 2.29. The van der Waals surface area contributed by atoms with Gasteiger partial charge in [-0.1, -0.05) is 29.6 Å². The number of pyridine rings is 1. The minimum atomic E-state index is -0.189. The standard InChI is InChI=1S/C13H16Cl2N2O2/c1-19-13(18)11-4-2-3-5-17(11)8-9-7-16-12(15)6-10(9)14/h6-7,11H,2-5,8H2,1H3/t11-/m1/s1. The maximum absolute atomic E-state index is 11.8. The molecule has 0 aromatic carbocycles. The Hall–Kier alpha value is -0.840. The molecule has 104 valence electrons. The fourth-order valence-electron chi connectivity index (χ4n) is 2.35. The molecule has 1 fully saturated rings. The average molecular weight is 303 g/mol. The molecule has 1 aromatic heterocycles. The maximum atomic E-state index is 11.8. The lowest BCUT2D eigenvalue weighted by atomic mass is 10.0. The number of halogens is 2. The number of methoxy groups -OCH3 is 1. The van der Waals surface area contributed by atoms with Crippen LogP contribution in [-0.2, 0) is 16.1 Å². The zero-order valence-corrected chi connectivity index (χ0v) is 12.2. The van der Waals surface area contributed by atoms with E-state index in [0.29, 0.717) is 16.7 Å². The summed E-state index contributed by atoms with van der Waals surface area (Å²) >= 11 is 11.9. The number of hydrogen-bond donors (Lipinski definition) is 0. The number of ether oxygens (including phenoxy) is 1. The van der Waals surface area contributed by atoms with Gasteiger partial charge in [-0.3, -0.25) is 9.69 Å². The highest BCUT2D eigenvalue weighted by atomic mass is 35.5. The monoisotopic (exact) mass is 302 g/mol. The van der Waals surface area contributed by atoms with Crippen molar-refractivity contribution in [2.24, 2.45) is 0 Å². The van der Waals surface area contributed by atoms with Crippen molar-refractivity contribution in [3.05, 3.63) is 28.0 Å². The molecule has 0 amide bonds. The van der Waals surface area contributed by atoms with Gasteiger partial charge in [0.25, 0.3) is 0 Å². The number of likely N-dealkylation sites (tertiary alicyclic amines) is 1. The van der Waals surface area contributed by atoms with Gasteiger partial charge in [0, 0.05) is 23.3 Å². The summed E-state index contributed by atoms with van der Waals surface area (Å²) < 4.78 is 4.86. The van der Waals surface area contributed by atoms with Gasteiger partial charge in [0.15, 0.2) is 0 Å². The molecule has 0 saturated carbocycles. The van der Waals surface area contributed by atoms with Crippen LogP contribution in [0.5, 0.6) is 0 Å². The lowest BCUT2D eigenvalue weighted by Gasteiger charge is -2.33. The number of rotatable bonds is 3. The van der Waals surface area contributed by atoms with Crippen LogP contribution in [-0.4, -0.2) is 35.5 Å². The Balaban J connectivity index is 2.13. The van der Waals surface area contributed by atoms with Crippen molar-refractivity contribution in [2.75, 3.05) is 13.7 Å². The van der Waals surface area contributed by atoms with Gasteiger partial charge in [-0.2, -0.15) is 0 Å². The topological polar surface area (TPSA) is 42.4 Å². The molecule has 6 heteroatoms. The molecule has 0 unspecified atom stereocenters. The molecule has 0 N–H and O–H groups in total. The predicted octanol–water partition coefficient (Wildman–Crippen LogP) is 2.92. The normalized spacial score (nSPS) is 20.3. The first-order valence-electron chi connectivity index (χ1n) is 6.23. The fourth-order valence-corrected chi connectivity index (χ4v) is 2.78. The third kappa shape index (κ3) is 3.59. The van der Waals surface area contributed by atoms with Crippen LogP contribution in [0.1, 0.15) is 24.8 Å². The summed E-state index contributed by atoms with van der Waals surface area (Å²) in [6.45, 7) is 1.45. The fraction of sp³-hybridized carbons (Fsp3) is 0.538. The van der Waals surface area contributed by atoms with Gasteiger partial charge in [-0.05, 0) is 25.5 Å². The predicted molar refractivity (Wildman–Crippen MR) is 74.3 cm³/mol. The molecule has 1 aromatic rings. The van der Waals surface area contributed by atoms with Crippen LogP contribution in [0.3, 0.4) is 0 Å². The molecule has 4 nitrogen and oxygen atoms in total. The van der Waals surface area contributed by atoms with E-state index in [2.05, 4.69) is 9.88 Å². The second-order valence-electron chi connectivity index (χ2n) is 4.60. The van der Waals surface area contributed by atoms with E-state index in [9.17, 15) is 4.79 Å². The first-order valence-corrected chi connectivity index (χ1v) is 6.99. The number of carbonyl (C=O) groups excluding carboxylic acids is 1. The average Bonchev–Trinajstić information content (AvgIpc) is 2.41. The molecule has 1 saturated heterocycles. The van der Waals surface area contributed by atoms with E-state index in [0.717, 1.165) is 31.4 Å². The van der Waals surface area contributed by atoms with Gasteiger partial charge in [0.1, 0.15) is 11.2 Å². The molecule has 0 spiro atoms. The van der Waals surface area contributed by atoms with Crippen molar-refractivity contribution in [1.29, 1.82) is 0 Å². The Labute approximate surface area is 122 Å². The van der Waals surface area contributed by atoms with Crippen molar-refractivity contribution >= 4 is 29.2 Å². The highest BCUT2D eigenvalue weighted by Crippen LogP contribution is 2.24. The van der Waals surface area contributed by atoms with Crippen LogP contribution >= 0.6 is 23.2 Å². The van der Waals surface area contributed by atoms with Crippen LogP contribution < -0.4 is 0 Å². The summed E-state index contributed by atoms with van der Waals surface area (Å²) in [7, 11) is 1.42. The number of esters is 1. The molecular weight excluding hydrogens is 287 g/mol. The van der Waals surface area contributed by atoms with E-state index in [4.69, 9.17) is 27.9 Å². The lowest BCUT2D eigenvalue weighted by molar-refractivity contribution is -0.148. The summed E-state index contributed by atoms with van der Waals surface area (Å²) in [6.07, 6.45) is 4.61. The quantitative estimate of drug-likeness (QED) is 0.636. The summed E-state index contributed by atoms with van der Waals surface area (Å²) in [4.78, 5) is 17.9. The Morgan fingerprint density at radius 2 is 2.32 bits per heavy atom. The van der Waals surface area contributed by atoms with Gasteiger partial charge in [0.05, 0.1) is 7.11 Å². The van der Waals surface area contributed by atoms with Crippen LogP contribution in [0.2, 0.25) is 10.2 Å². The first-order chi connectivity index (χ1) is 9.11. The summed E-state index contributed by atoms with van der Waals surface area (Å²) in [6, 6.07) is 1.43. The zero-order chi connectivity index (χ0) is 13.8. The first kappa shape index (κ1) is 14.6. The van der Waals surface area contributed by atoms with Crippen LogP contribution in [0.25, 0.3) is 0 Å². The SMILES string of the molecule is COC(=O)[C@H]1CCCCN1Cc1cnc(Cl)cc1Cl. The van der Waals surface area contributed by atoms with Crippen molar-refractivity contribution in [2.45, 2.75) is 31.8 Å². The summed E-state index contributed by atoms with van der Waals surface area (Å²) in [5.74, 6) is -0.183. The van der Waals surface area contributed by atoms with Crippen LogP contribution in [0, 0.1) is 0 Å². The summed E-state index contributed by atoms with van der Waals surface area (Å²) in [5, 5.41) is 0.950. The molecule has 2 heterocycles. The number of aromatic nitrogens is 1. The van der Waals surface area contributed by atoms with Crippen molar-refractivity contribution < 1.29 is 9.53 Å². The van der Waals surface area contributed by atoms with Crippen molar-refractivity contribution in [3.63, 3.8) is 0 Å². The van der Waals surface area contributed by atoms with Gasteiger partial charge < -0.3 is 4.74 Å². The minimum Gasteiger partial charge on any atom is -0.468 e. The molecule has 1 aliphatic rings. The van der Waals surface area contributed by atoms with E-state index in [1.54, 1.807) is 12.3 Å². The molecule has 0 aliphatic carbocycles. The Morgan fingerprint density at radius 3 is 3.00 bits per heavy atom. The van der Waals surface area contributed by atoms with E-state index in [-0.39, 0.29) is 12.0 Å². The molecule has 0 bridgehead atoms. The Morgan fingerprint density at radius 1 is 1.53 bits per heavy atom. The van der Waals surface area contributed by atoms with Crippen molar-refractivity contribution in [3.8, 4) is 0 Å². The molecule has 0 radical (unpaired) electrons. The van der Waals surface area contributed by atoms with Gasteiger partial charge in [-0.25, -0.2) is 4.98 Å². The number of nitrogens with zero attached hydrogens (tertiary/aromatic N) is 2. The zero-order valence-electron chi connectivity index (χ0n) is 10.7. The molecule has 1 aliphatic heterocycles. The number of piperidine rings is 1. The maximum Gasteiger partial charge on any atom is 0.323 e. The second kappa shape index (κ2) is 6.55. The van der Waals surface area contributed by atoms with Crippen molar-refractivity contribution in [1.82, 2.24) is 9.88 Å². The summed E-state index contributed by atoms with van der Waals surface area (Å²) in [5.41, 5.74) is 0.877. The second-order valence-corrected chi connectivity index (χ2v) is 5.40. The third-order valence-electron chi connectivity index (χ3n) is 3.36. The molecule has 2 rings (SSSR count). The van der Waals surface area contributed by atoms with E-state index in [1.165, 1.54) is 7.11 Å². The van der Waals surface area contributed by atoms with Crippen LogP contribution in [0.4, 0.5) is 0 Å². The van der Waals surface area contributed by atoms with Gasteiger partial charge in [-0.15, -0.1) is 0 Å². The van der Waals surface area contributed by atoms with Gasteiger partial charge in [0.2, 0.25) is 0 Å². The van der Waals surface area contributed by atoms with Gasteiger partial charge >= 0.3 is 5.97 Å².